The highest BCUT2D eigenvalue weighted by atomic mass is 16.5. The molecule has 16 heavy (non-hydrogen) atoms. The molecule has 1 aromatic rings. The molecule has 0 aromatic carbocycles. The van der Waals surface area contributed by atoms with E-state index < -0.39 is 0 Å². The van der Waals surface area contributed by atoms with Crippen LogP contribution in [0.2, 0.25) is 0 Å². The first-order valence-electron chi connectivity index (χ1n) is 5.77. The molecule has 3 rings (SSSR count). The van der Waals surface area contributed by atoms with Crippen molar-refractivity contribution in [1.29, 1.82) is 0 Å². The molecule has 2 aliphatic heterocycles. The summed E-state index contributed by atoms with van der Waals surface area (Å²) in [5.74, 6) is 0.795. The van der Waals surface area contributed by atoms with Crippen molar-refractivity contribution < 1.29 is 4.74 Å². The summed E-state index contributed by atoms with van der Waals surface area (Å²) in [4.78, 5) is 19.3. The van der Waals surface area contributed by atoms with Gasteiger partial charge in [-0.2, -0.15) is 0 Å². The maximum absolute atomic E-state index is 11.8. The summed E-state index contributed by atoms with van der Waals surface area (Å²) < 4.78 is 5.27. The van der Waals surface area contributed by atoms with Crippen LogP contribution in [0.5, 0.6) is 0 Å². The molecule has 0 amide bonds. The number of nitrogens with zero attached hydrogens (tertiary/aromatic N) is 1. The molecule has 0 saturated carbocycles. The molecule has 5 nitrogen and oxygen atoms in total. The van der Waals surface area contributed by atoms with Gasteiger partial charge < -0.3 is 15.0 Å². The summed E-state index contributed by atoms with van der Waals surface area (Å²) in [5.41, 5.74) is 1.58. The summed E-state index contributed by atoms with van der Waals surface area (Å²) in [5, 5.41) is 3.34. The number of fused-ring (bicyclic) bond motifs is 1. The molecule has 1 aromatic heterocycles. The average Bonchev–Trinajstić information content (AvgIpc) is 2.82. The van der Waals surface area contributed by atoms with Gasteiger partial charge in [0.05, 0.1) is 30.5 Å². The number of nitrogens with one attached hydrogen (secondary N) is 2. The summed E-state index contributed by atoms with van der Waals surface area (Å²) >= 11 is 0. The quantitative estimate of drug-likeness (QED) is 0.714. The van der Waals surface area contributed by atoms with Crippen molar-refractivity contribution in [3.63, 3.8) is 0 Å². The highest BCUT2D eigenvalue weighted by Crippen LogP contribution is 2.20. The van der Waals surface area contributed by atoms with E-state index in [9.17, 15) is 4.79 Å². The van der Waals surface area contributed by atoms with Gasteiger partial charge in [-0.3, -0.25) is 4.79 Å². The number of aromatic amines is 1. The lowest BCUT2D eigenvalue weighted by molar-refractivity contribution is 0.107. The van der Waals surface area contributed by atoms with Gasteiger partial charge in [0.2, 0.25) is 0 Å². The van der Waals surface area contributed by atoms with Crippen molar-refractivity contribution >= 4 is 0 Å². The van der Waals surface area contributed by atoms with Gasteiger partial charge in [-0.15, -0.1) is 0 Å². The predicted molar refractivity (Wildman–Crippen MR) is 58.2 cm³/mol. The lowest BCUT2D eigenvalue weighted by Crippen LogP contribution is -2.28. The lowest BCUT2D eigenvalue weighted by Gasteiger charge is -2.17. The first-order valence-corrected chi connectivity index (χ1v) is 5.77. The Balaban J connectivity index is 2.01. The number of hydrogen-bond donors (Lipinski definition) is 2. The normalized spacial score (nSPS) is 24.4. The monoisotopic (exact) mass is 221 g/mol. The Labute approximate surface area is 93.2 Å². The van der Waals surface area contributed by atoms with Gasteiger partial charge in [0.15, 0.2) is 0 Å². The van der Waals surface area contributed by atoms with E-state index in [0.717, 1.165) is 37.3 Å². The second-order valence-corrected chi connectivity index (χ2v) is 4.33. The molecular weight excluding hydrogens is 206 g/mol. The third kappa shape index (κ3) is 1.66. The van der Waals surface area contributed by atoms with Crippen molar-refractivity contribution in [3.05, 3.63) is 27.4 Å². The second kappa shape index (κ2) is 3.99. The zero-order valence-corrected chi connectivity index (χ0v) is 9.08. The third-order valence-corrected chi connectivity index (χ3v) is 3.24. The Morgan fingerprint density at radius 2 is 2.38 bits per heavy atom. The topological polar surface area (TPSA) is 67.0 Å². The molecule has 0 aliphatic carbocycles. The molecule has 1 unspecified atom stereocenters. The first-order chi connectivity index (χ1) is 7.84. The molecular formula is C11H15N3O2. The fraction of sp³-hybridized carbons (Fsp3) is 0.636. The molecule has 1 fully saturated rings. The number of hydrogen-bond acceptors (Lipinski definition) is 4. The van der Waals surface area contributed by atoms with Gasteiger partial charge in [-0.25, -0.2) is 4.98 Å². The SMILES string of the molecule is O=c1[nH]c(C2CCCN2)nc2c1COCC2. The number of H-pyrrole nitrogens is 1. The largest absolute Gasteiger partial charge is 0.376 e. The van der Waals surface area contributed by atoms with Crippen molar-refractivity contribution in [2.45, 2.75) is 31.9 Å². The molecule has 1 atom stereocenters. The summed E-state index contributed by atoms with van der Waals surface area (Å²) in [6, 6.07) is 0.223. The van der Waals surface area contributed by atoms with Gasteiger partial charge in [-0.05, 0) is 19.4 Å². The van der Waals surface area contributed by atoms with Gasteiger partial charge in [0.25, 0.3) is 5.56 Å². The van der Waals surface area contributed by atoms with Crippen LogP contribution in [0.25, 0.3) is 0 Å². The molecule has 3 heterocycles. The number of ether oxygens (including phenoxy) is 1. The van der Waals surface area contributed by atoms with Crippen molar-refractivity contribution in [3.8, 4) is 0 Å². The van der Waals surface area contributed by atoms with Crippen LogP contribution in [0.4, 0.5) is 0 Å². The second-order valence-electron chi connectivity index (χ2n) is 4.33. The van der Waals surface area contributed by atoms with Crippen molar-refractivity contribution in [1.82, 2.24) is 15.3 Å². The molecule has 1 saturated heterocycles. The van der Waals surface area contributed by atoms with Crippen molar-refractivity contribution in [2.24, 2.45) is 0 Å². The van der Waals surface area contributed by atoms with Crippen LogP contribution in [-0.4, -0.2) is 23.1 Å². The van der Waals surface area contributed by atoms with Crippen LogP contribution in [0.1, 0.15) is 36.0 Å². The minimum absolute atomic E-state index is 0.0339. The Morgan fingerprint density at radius 3 is 3.19 bits per heavy atom. The van der Waals surface area contributed by atoms with Gasteiger partial charge in [-0.1, -0.05) is 0 Å². The zero-order chi connectivity index (χ0) is 11.0. The molecule has 5 heteroatoms. The summed E-state index contributed by atoms with van der Waals surface area (Å²) in [6.45, 7) is 2.08. The highest BCUT2D eigenvalue weighted by molar-refractivity contribution is 5.20. The van der Waals surface area contributed by atoms with Crippen LogP contribution >= 0.6 is 0 Å². The van der Waals surface area contributed by atoms with E-state index >= 15 is 0 Å². The maximum Gasteiger partial charge on any atom is 0.256 e. The molecule has 2 aliphatic rings. The third-order valence-electron chi connectivity index (χ3n) is 3.24. The fourth-order valence-corrected chi connectivity index (χ4v) is 2.35. The summed E-state index contributed by atoms with van der Waals surface area (Å²) in [6.07, 6.45) is 2.95. The summed E-state index contributed by atoms with van der Waals surface area (Å²) in [7, 11) is 0. The Bertz CT molecular complexity index is 449. The van der Waals surface area contributed by atoms with E-state index in [-0.39, 0.29) is 11.6 Å². The Morgan fingerprint density at radius 1 is 1.44 bits per heavy atom. The van der Waals surface area contributed by atoms with Gasteiger partial charge in [0.1, 0.15) is 5.82 Å². The van der Waals surface area contributed by atoms with Crippen LogP contribution in [0.15, 0.2) is 4.79 Å². The Kier molecular flexibility index (Phi) is 2.49. The minimum atomic E-state index is -0.0339. The standard InChI is InChI=1S/C11H15N3O2/c15-11-7-6-16-5-3-8(7)13-10(14-11)9-2-1-4-12-9/h9,12H,1-6H2,(H,13,14,15). The van der Waals surface area contributed by atoms with Gasteiger partial charge >= 0.3 is 0 Å². The van der Waals surface area contributed by atoms with E-state index in [2.05, 4.69) is 15.3 Å². The van der Waals surface area contributed by atoms with Crippen LogP contribution in [0.3, 0.4) is 0 Å². The zero-order valence-electron chi connectivity index (χ0n) is 9.08. The van der Waals surface area contributed by atoms with Crippen molar-refractivity contribution in [2.75, 3.05) is 13.2 Å². The van der Waals surface area contributed by atoms with Crippen LogP contribution in [-0.2, 0) is 17.8 Å². The predicted octanol–water partition coefficient (Wildman–Crippen LogP) is 0.267. The smallest absolute Gasteiger partial charge is 0.256 e. The fourth-order valence-electron chi connectivity index (χ4n) is 2.35. The maximum atomic E-state index is 11.8. The van der Waals surface area contributed by atoms with E-state index in [1.165, 1.54) is 0 Å². The van der Waals surface area contributed by atoms with Crippen LogP contribution in [0, 0.1) is 0 Å². The molecule has 2 N–H and O–H groups in total. The average molecular weight is 221 g/mol. The van der Waals surface area contributed by atoms with E-state index in [0.29, 0.717) is 18.8 Å². The van der Waals surface area contributed by atoms with Crippen LogP contribution < -0.4 is 10.9 Å². The number of aromatic nitrogens is 2. The molecule has 86 valence electrons. The lowest BCUT2D eigenvalue weighted by atomic mass is 10.1. The highest BCUT2D eigenvalue weighted by Gasteiger charge is 2.22. The van der Waals surface area contributed by atoms with E-state index in [1.54, 1.807) is 0 Å². The molecule has 0 radical (unpaired) electrons. The Hall–Kier alpha value is -1.20. The van der Waals surface area contributed by atoms with Gasteiger partial charge in [0, 0.05) is 6.42 Å². The first kappa shape index (κ1) is 9.99. The molecule has 0 spiro atoms. The molecule has 0 bridgehead atoms. The van der Waals surface area contributed by atoms with E-state index in [4.69, 9.17) is 4.74 Å². The number of rotatable bonds is 1. The van der Waals surface area contributed by atoms with E-state index in [1.807, 2.05) is 0 Å². The minimum Gasteiger partial charge on any atom is -0.376 e.